The summed E-state index contributed by atoms with van der Waals surface area (Å²) in [4.78, 5) is 1.22. The first-order chi connectivity index (χ1) is 6.12. The van der Waals surface area contributed by atoms with Gasteiger partial charge in [-0.25, -0.2) is 0 Å². The van der Waals surface area contributed by atoms with Gasteiger partial charge < -0.3 is 9.84 Å². The Morgan fingerprint density at radius 1 is 1.62 bits per heavy atom. The van der Waals surface area contributed by atoms with E-state index < -0.39 is 5.60 Å². The lowest BCUT2D eigenvalue weighted by atomic mass is 9.94. The maximum Gasteiger partial charge on any atom is 0.113 e. The van der Waals surface area contributed by atoms with Crippen molar-refractivity contribution in [3.63, 3.8) is 0 Å². The molecule has 0 spiro atoms. The van der Waals surface area contributed by atoms with E-state index in [1.165, 1.54) is 4.88 Å². The Morgan fingerprint density at radius 3 is 2.69 bits per heavy atom. The largest absolute Gasteiger partial charge is 0.383 e. The van der Waals surface area contributed by atoms with Gasteiger partial charge in [-0.2, -0.15) is 0 Å². The lowest BCUT2D eigenvalue weighted by Gasteiger charge is -2.24. The molecule has 0 aliphatic heterocycles. The average Bonchev–Trinajstić information content (AvgIpc) is 2.52. The van der Waals surface area contributed by atoms with Crippen molar-refractivity contribution in [2.75, 3.05) is 13.7 Å². The Morgan fingerprint density at radius 2 is 2.31 bits per heavy atom. The molecule has 1 aromatic rings. The van der Waals surface area contributed by atoms with Crippen LogP contribution in [0.1, 0.15) is 23.8 Å². The summed E-state index contributed by atoms with van der Waals surface area (Å²) in [7, 11) is 1.61. The van der Waals surface area contributed by atoms with Crippen LogP contribution >= 0.6 is 11.3 Å². The van der Waals surface area contributed by atoms with Crippen molar-refractivity contribution < 1.29 is 9.84 Å². The molecule has 0 aliphatic carbocycles. The summed E-state index contributed by atoms with van der Waals surface area (Å²) in [5.41, 5.74) is 0.166. The van der Waals surface area contributed by atoms with E-state index >= 15 is 0 Å². The molecule has 0 saturated carbocycles. The Kier molecular flexibility index (Phi) is 3.47. The zero-order valence-corrected chi connectivity index (χ0v) is 9.15. The molecular weight excluding hydrogens is 184 g/mol. The smallest absolute Gasteiger partial charge is 0.113 e. The molecule has 0 bridgehead atoms. The number of aryl methyl sites for hydroxylation is 1. The molecule has 13 heavy (non-hydrogen) atoms. The van der Waals surface area contributed by atoms with Crippen LogP contribution in [0.4, 0.5) is 0 Å². The molecule has 0 radical (unpaired) electrons. The highest BCUT2D eigenvalue weighted by Crippen LogP contribution is 2.28. The third-order valence-corrected chi connectivity index (χ3v) is 3.10. The highest BCUT2D eigenvalue weighted by molar-refractivity contribution is 7.10. The topological polar surface area (TPSA) is 29.5 Å². The minimum atomic E-state index is -0.806. The minimum Gasteiger partial charge on any atom is -0.383 e. The summed E-state index contributed by atoms with van der Waals surface area (Å²) >= 11 is 1.66. The second-order valence-corrected chi connectivity index (χ2v) is 4.38. The quantitative estimate of drug-likeness (QED) is 0.808. The summed E-state index contributed by atoms with van der Waals surface area (Å²) in [5, 5.41) is 12.2. The van der Waals surface area contributed by atoms with Gasteiger partial charge in [0.15, 0.2) is 0 Å². The molecule has 0 aliphatic rings. The molecule has 3 heteroatoms. The van der Waals surface area contributed by atoms with E-state index in [1.807, 2.05) is 25.3 Å². The maximum absolute atomic E-state index is 10.2. The normalized spacial score (nSPS) is 15.7. The fourth-order valence-corrected chi connectivity index (χ4v) is 2.11. The molecule has 74 valence electrons. The predicted octanol–water partition coefficient (Wildman–Crippen LogP) is 2.30. The number of aliphatic hydroxyl groups is 1. The van der Waals surface area contributed by atoms with E-state index in [2.05, 4.69) is 0 Å². The van der Waals surface area contributed by atoms with Crippen LogP contribution in [0.15, 0.2) is 11.4 Å². The summed E-state index contributed by atoms with van der Waals surface area (Å²) < 4.78 is 5.02. The third-order valence-electron chi connectivity index (χ3n) is 2.24. The molecule has 2 nitrogen and oxygen atoms in total. The molecule has 0 aromatic carbocycles. The molecule has 1 heterocycles. The Labute approximate surface area is 83.2 Å². The highest BCUT2D eigenvalue weighted by atomic mass is 32.1. The van der Waals surface area contributed by atoms with Crippen molar-refractivity contribution in [1.82, 2.24) is 0 Å². The van der Waals surface area contributed by atoms with Crippen LogP contribution in [0, 0.1) is 6.92 Å². The summed E-state index contributed by atoms with van der Waals surface area (Å²) in [6.45, 7) is 4.36. The van der Waals surface area contributed by atoms with Gasteiger partial charge in [-0.1, -0.05) is 6.92 Å². The molecule has 0 amide bonds. The van der Waals surface area contributed by atoms with Crippen LogP contribution in [0.3, 0.4) is 0 Å². The lowest BCUT2D eigenvalue weighted by Crippen LogP contribution is -2.29. The van der Waals surface area contributed by atoms with E-state index in [9.17, 15) is 5.11 Å². The van der Waals surface area contributed by atoms with E-state index in [-0.39, 0.29) is 0 Å². The first-order valence-corrected chi connectivity index (χ1v) is 5.27. The Hall–Kier alpha value is -0.380. The fraction of sp³-hybridized carbons (Fsp3) is 0.600. The number of hydrogen-bond donors (Lipinski definition) is 1. The van der Waals surface area contributed by atoms with E-state index in [1.54, 1.807) is 18.4 Å². The van der Waals surface area contributed by atoms with Gasteiger partial charge in [0, 0.05) is 12.0 Å². The van der Waals surface area contributed by atoms with Crippen molar-refractivity contribution >= 4 is 11.3 Å². The highest BCUT2D eigenvalue weighted by Gasteiger charge is 2.27. The van der Waals surface area contributed by atoms with Gasteiger partial charge in [0.25, 0.3) is 0 Å². The first kappa shape index (κ1) is 10.7. The SMILES string of the molecule is CCC(O)(COC)c1csc(C)c1. The first-order valence-electron chi connectivity index (χ1n) is 4.39. The van der Waals surface area contributed by atoms with Crippen LogP contribution in [0.2, 0.25) is 0 Å². The average molecular weight is 200 g/mol. The molecule has 1 aromatic heterocycles. The number of methoxy groups -OCH3 is 1. The van der Waals surface area contributed by atoms with Gasteiger partial charge in [0.1, 0.15) is 5.60 Å². The Balaban J connectivity index is 2.88. The van der Waals surface area contributed by atoms with Crippen molar-refractivity contribution in [3.8, 4) is 0 Å². The molecule has 1 rings (SSSR count). The van der Waals surface area contributed by atoms with Crippen molar-refractivity contribution in [3.05, 3.63) is 21.9 Å². The standard InChI is InChI=1S/C10H16O2S/c1-4-10(11,7-12-3)9-5-8(2)13-6-9/h5-6,11H,4,7H2,1-3H3. The van der Waals surface area contributed by atoms with E-state index in [4.69, 9.17) is 4.74 Å². The molecule has 0 saturated heterocycles. The van der Waals surface area contributed by atoms with E-state index in [0.717, 1.165) is 5.56 Å². The van der Waals surface area contributed by atoms with Gasteiger partial charge in [0.2, 0.25) is 0 Å². The summed E-state index contributed by atoms with van der Waals surface area (Å²) in [6, 6.07) is 2.02. The summed E-state index contributed by atoms with van der Waals surface area (Å²) in [6.07, 6.45) is 0.678. The number of hydrogen-bond acceptors (Lipinski definition) is 3. The number of rotatable bonds is 4. The molecule has 1 N–H and O–H groups in total. The third kappa shape index (κ3) is 2.30. The predicted molar refractivity (Wildman–Crippen MR) is 55.1 cm³/mol. The maximum atomic E-state index is 10.2. The number of thiophene rings is 1. The van der Waals surface area contributed by atoms with Crippen LogP contribution < -0.4 is 0 Å². The minimum absolute atomic E-state index is 0.361. The lowest BCUT2D eigenvalue weighted by molar-refractivity contribution is -0.0383. The zero-order valence-electron chi connectivity index (χ0n) is 8.33. The second kappa shape index (κ2) is 4.22. The Bertz CT molecular complexity index is 270. The van der Waals surface area contributed by atoms with Crippen LogP contribution in [0.5, 0.6) is 0 Å². The van der Waals surface area contributed by atoms with Gasteiger partial charge in [-0.05, 0) is 30.4 Å². The van der Waals surface area contributed by atoms with Crippen LogP contribution in [-0.2, 0) is 10.3 Å². The van der Waals surface area contributed by atoms with Crippen molar-refractivity contribution in [2.24, 2.45) is 0 Å². The van der Waals surface area contributed by atoms with Gasteiger partial charge >= 0.3 is 0 Å². The molecule has 1 unspecified atom stereocenters. The number of ether oxygens (including phenoxy) is 1. The molecule has 0 fully saturated rings. The van der Waals surface area contributed by atoms with Gasteiger partial charge in [-0.15, -0.1) is 11.3 Å². The zero-order chi connectivity index (χ0) is 9.90. The fourth-order valence-electron chi connectivity index (χ4n) is 1.32. The summed E-state index contributed by atoms with van der Waals surface area (Å²) in [5.74, 6) is 0. The monoisotopic (exact) mass is 200 g/mol. The molecule has 1 atom stereocenters. The van der Waals surface area contributed by atoms with Gasteiger partial charge in [0.05, 0.1) is 6.61 Å². The van der Waals surface area contributed by atoms with Crippen LogP contribution in [0.25, 0.3) is 0 Å². The van der Waals surface area contributed by atoms with Crippen molar-refractivity contribution in [1.29, 1.82) is 0 Å². The van der Waals surface area contributed by atoms with Crippen molar-refractivity contribution in [2.45, 2.75) is 25.9 Å². The van der Waals surface area contributed by atoms with Crippen LogP contribution in [-0.4, -0.2) is 18.8 Å². The molecular formula is C10H16O2S. The second-order valence-electron chi connectivity index (χ2n) is 3.26. The van der Waals surface area contributed by atoms with Gasteiger partial charge in [-0.3, -0.25) is 0 Å². The van der Waals surface area contributed by atoms with E-state index in [0.29, 0.717) is 13.0 Å².